The Morgan fingerprint density at radius 2 is 2.14 bits per heavy atom. The molecule has 0 amide bonds. The van der Waals surface area contributed by atoms with Gasteiger partial charge in [-0.1, -0.05) is 17.7 Å². The van der Waals surface area contributed by atoms with E-state index < -0.39 is 4.92 Å². The second kappa shape index (κ2) is 8.63. The molecule has 0 radical (unpaired) electrons. The maximum atomic E-state index is 11.0. The van der Waals surface area contributed by atoms with Gasteiger partial charge in [-0.05, 0) is 49.5 Å². The first kappa shape index (κ1) is 19.5. The molecule has 2 aromatic carbocycles. The molecule has 0 aliphatic rings. The van der Waals surface area contributed by atoms with Crippen LogP contribution in [0.15, 0.2) is 47.6 Å². The molecule has 1 aromatic heterocycles. The van der Waals surface area contributed by atoms with Crippen molar-refractivity contribution in [1.29, 1.82) is 0 Å². The molecule has 0 fully saturated rings. The van der Waals surface area contributed by atoms with Crippen LogP contribution in [0.25, 0.3) is 11.4 Å². The number of hydrazone groups is 1. The van der Waals surface area contributed by atoms with Crippen molar-refractivity contribution in [1.82, 2.24) is 14.9 Å². The Hall–Kier alpha value is -3.24. The number of aromatic amines is 1. The monoisotopic (exact) mass is 418 g/mol. The molecular weight excluding hydrogens is 404 g/mol. The third-order valence-electron chi connectivity index (χ3n) is 3.63. The van der Waals surface area contributed by atoms with Gasteiger partial charge in [-0.3, -0.25) is 10.1 Å². The molecule has 0 spiro atoms. The minimum absolute atomic E-state index is 0.0601. The minimum atomic E-state index is -0.552. The number of halogens is 1. The smallest absolute Gasteiger partial charge is 0.288 e. The van der Waals surface area contributed by atoms with Crippen LogP contribution in [0.1, 0.15) is 12.5 Å². The van der Waals surface area contributed by atoms with Crippen molar-refractivity contribution in [2.45, 2.75) is 6.92 Å². The van der Waals surface area contributed by atoms with Crippen LogP contribution in [0.5, 0.6) is 5.75 Å². The summed E-state index contributed by atoms with van der Waals surface area (Å²) in [5, 5.41) is 22.0. The summed E-state index contributed by atoms with van der Waals surface area (Å²) in [6, 6.07) is 11.7. The van der Waals surface area contributed by atoms with Crippen LogP contribution in [0.4, 0.5) is 5.69 Å². The van der Waals surface area contributed by atoms with Gasteiger partial charge >= 0.3 is 0 Å². The Morgan fingerprint density at radius 3 is 2.82 bits per heavy atom. The highest BCUT2D eigenvalue weighted by Gasteiger charge is 2.12. The third-order valence-corrected chi connectivity index (χ3v) is 4.23. The summed E-state index contributed by atoms with van der Waals surface area (Å²) in [6.45, 7) is 2.49. The Bertz CT molecular complexity index is 1080. The first-order chi connectivity index (χ1) is 13.5. The average Bonchev–Trinajstić information content (AvgIpc) is 3.04. The van der Waals surface area contributed by atoms with Crippen LogP contribution in [-0.4, -0.2) is 32.6 Å². The fraction of sp³-hybridized carbons (Fsp3) is 0.118. The molecule has 3 rings (SSSR count). The van der Waals surface area contributed by atoms with Crippen LogP contribution < -0.4 is 10.3 Å². The highest BCUT2D eigenvalue weighted by atomic mass is 35.5. The van der Waals surface area contributed by atoms with Gasteiger partial charge in [-0.25, -0.2) is 10.6 Å². The largest absolute Gasteiger partial charge is 0.494 e. The molecule has 28 heavy (non-hydrogen) atoms. The van der Waals surface area contributed by atoms with Crippen LogP contribution >= 0.6 is 23.8 Å². The van der Waals surface area contributed by atoms with Crippen LogP contribution in [0.3, 0.4) is 0 Å². The first-order valence-electron chi connectivity index (χ1n) is 8.13. The van der Waals surface area contributed by atoms with Gasteiger partial charge in [-0.15, -0.1) is 0 Å². The van der Waals surface area contributed by atoms with E-state index in [4.69, 9.17) is 28.6 Å². The molecule has 0 aliphatic heterocycles. The lowest BCUT2D eigenvalue weighted by Gasteiger charge is -2.07. The highest BCUT2D eigenvalue weighted by molar-refractivity contribution is 7.71. The second-order valence-corrected chi connectivity index (χ2v) is 6.27. The van der Waals surface area contributed by atoms with Gasteiger partial charge in [0.15, 0.2) is 5.82 Å². The molecule has 0 aliphatic carbocycles. The van der Waals surface area contributed by atoms with Crippen molar-refractivity contribution in [2.75, 3.05) is 12.1 Å². The maximum absolute atomic E-state index is 11.0. The summed E-state index contributed by atoms with van der Waals surface area (Å²) in [4.78, 5) is 10.4. The summed E-state index contributed by atoms with van der Waals surface area (Å²) in [6.07, 6.45) is 1.42. The van der Waals surface area contributed by atoms with Crippen molar-refractivity contribution in [3.05, 3.63) is 67.9 Å². The van der Waals surface area contributed by atoms with Gasteiger partial charge in [0.2, 0.25) is 4.77 Å². The van der Waals surface area contributed by atoms with Gasteiger partial charge in [0.1, 0.15) is 10.8 Å². The SMILES string of the molecule is CCOc1ccc(-c2n[nH]c(=S)n2N/N=C/c2ccc(Cl)c([N+](=O)[O-])c2)cc1. The Balaban J connectivity index is 1.81. The molecule has 0 unspecified atom stereocenters. The predicted octanol–water partition coefficient (Wildman–Crippen LogP) is 4.15. The van der Waals surface area contributed by atoms with Gasteiger partial charge in [0.05, 0.1) is 17.7 Å². The van der Waals surface area contributed by atoms with E-state index in [0.29, 0.717) is 22.8 Å². The zero-order chi connectivity index (χ0) is 20.1. The van der Waals surface area contributed by atoms with Crippen molar-refractivity contribution in [3.8, 4) is 17.1 Å². The van der Waals surface area contributed by atoms with Gasteiger partial charge < -0.3 is 4.74 Å². The number of aromatic nitrogens is 3. The predicted molar refractivity (Wildman–Crippen MR) is 109 cm³/mol. The van der Waals surface area contributed by atoms with E-state index in [1.165, 1.54) is 23.0 Å². The zero-order valence-electron chi connectivity index (χ0n) is 14.6. The van der Waals surface area contributed by atoms with Crippen LogP contribution in [-0.2, 0) is 0 Å². The standard InChI is InChI=1S/C17H15ClN6O3S/c1-2-27-13-6-4-12(5-7-13)16-20-21-17(28)23(16)22-19-10-11-3-8-14(18)15(9-11)24(25)26/h3-10,22H,2H2,1H3,(H,21,28)/b19-10+. The maximum Gasteiger partial charge on any atom is 0.288 e. The van der Waals surface area contributed by atoms with E-state index in [1.54, 1.807) is 6.07 Å². The number of hydrogen-bond acceptors (Lipinski definition) is 7. The van der Waals surface area contributed by atoms with Crippen molar-refractivity contribution in [2.24, 2.45) is 5.10 Å². The molecular formula is C17H15ClN6O3S. The average molecular weight is 419 g/mol. The summed E-state index contributed by atoms with van der Waals surface area (Å²) in [5.74, 6) is 1.27. The number of nitrogens with zero attached hydrogens (tertiary/aromatic N) is 4. The minimum Gasteiger partial charge on any atom is -0.494 e. The number of H-pyrrole nitrogens is 1. The lowest BCUT2D eigenvalue weighted by molar-refractivity contribution is -0.384. The molecule has 0 saturated carbocycles. The number of benzene rings is 2. The molecule has 2 N–H and O–H groups in total. The number of nitrogens with one attached hydrogen (secondary N) is 2. The van der Waals surface area contributed by atoms with Crippen LogP contribution in [0.2, 0.25) is 5.02 Å². The van der Waals surface area contributed by atoms with E-state index in [2.05, 4.69) is 20.8 Å². The van der Waals surface area contributed by atoms with E-state index in [9.17, 15) is 10.1 Å². The molecule has 0 saturated heterocycles. The first-order valence-corrected chi connectivity index (χ1v) is 8.92. The Morgan fingerprint density at radius 1 is 1.39 bits per heavy atom. The summed E-state index contributed by atoms with van der Waals surface area (Å²) < 4.78 is 7.22. The normalized spacial score (nSPS) is 10.9. The lowest BCUT2D eigenvalue weighted by Crippen LogP contribution is -2.10. The fourth-order valence-corrected chi connectivity index (χ4v) is 2.72. The van der Waals surface area contributed by atoms with Gasteiger partial charge in [0, 0.05) is 17.2 Å². The summed E-state index contributed by atoms with van der Waals surface area (Å²) in [5.41, 5.74) is 3.87. The number of nitro benzene ring substituents is 1. The second-order valence-electron chi connectivity index (χ2n) is 5.47. The summed E-state index contributed by atoms with van der Waals surface area (Å²) in [7, 11) is 0. The molecule has 0 bridgehead atoms. The van der Waals surface area contributed by atoms with E-state index >= 15 is 0 Å². The number of ether oxygens (including phenoxy) is 1. The Labute approximate surface area is 169 Å². The highest BCUT2D eigenvalue weighted by Crippen LogP contribution is 2.24. The van der Waals surface area contributed by atoms with E-state index in [1.807, 2.05) is 31.2 Å². The number of nitro groups is 1. The Kier molecular flexibility index (Phi) is 6.02. The van der Waals surface area contributed by atoms with Gasteiger partial charge in [0.25, 0.3) is 5.69 Å². The topological polar surface area (TPSA) is 110 Å². The van der Waals surface area contributed by atoms with E-state index in [0.717, 1.165) is 11.3 Å². The summed E-state index contributed by atoms with van der Waals surface area (Å²) >= 11 is 11.0. The quantitative estimate of drug-likeness (QED) is 0.258. The fourth-order valence-electron chi connectivity index (χ4n) is 2.36. The molecule has 0 atom stereocenters. The number of hydrogen-bond donors (Lipinski definition) is 2. The molecule has 144 valence electrons. The molecule has 1 heterocycles. The van der Waals surface area contributed by atoms with Crippen LogP contribution in [0, 0.1) is 14.9 Å². The molecule has 9 nitrogen and oxygen atoms in total. The van der Waals surface area contributed by atoms with Crippen molar-refractivity contribution in [3.63, 3.8) is 0 Å². The molecule has 3 aromatic rings. The van der Waals surface area contributed by atoms with E-state index in [-0.39, 0.29) is 10.7 Å². The van der Waals surface area contributed by atoms with Crippen molar-refractivity contribution < 1.29 is 9.66 Å². The van der Waals surface area contributed by atoms with Crippen molar-refractivity contribution >= 4 is 35.7 Å². The van der Waals surface area contributed by atoms with Gasteiger partial charge in [-0.2, -0.15) is 14.9 Å². The number of rotatable bonds is 7. The molecule has 11 heteroatoms. The lowest BCUT2D eigenvalue weighted by atomic mass is 10.2. The third kappa shape index (κ3) is 4.35. The zero-order valence-corrected chi connectivity index (χ0v) is 16.2.